The molecule has 1 aliphatic heterocycles. The molecule has 2 aromatic carbocycles. The standard InChI is InChI=1S/C21H23ClN4O4/c22-17-14-16(26(29)30)9-10-18(17)24-21(28)20(15-6-2-1-3-7-15)23-11-5-13-25-12-4-8-19(25)27/h1-3,6-7,9-10,14,20,23H,4-5,8,11-13H2,(H,24,28)/t20-/m0/s1. The summed E-state index contributed by atoms with van der Waals surface area (Å²) in [5, 5.41) is 16.9. The van der Waals surface area contributed by atoms with E-state index in [-0.39, 0.29) is 22.5 Å². The van der Waals surface area contributed by atoms with Crippen molar-refractivity contribution in [2.75, 3.05) is 25.0 Å². The van der Waals surface area contributed by atoms with Crippen LogP contribution in [-0.2, 0) is 9.59 Å². The Morgan fingerprint density at radius 3 is 2.63 bits per heavy atom. The number of hydrogen-bond donors (Lipinski definition) is 2. The second kappa shape index (κ2) is 10.2. The molecule has 2 N–H and O–H groups in total. The number of benzene rings is 2. The summed E-state index contributed by atoms with van der Waals surface area (Å²) in [5.74, 6) is -0.144. The Bertz CT molecular complexity index is 922. The highest BCUT2D eigenvalue weighted by Crippen LogP contribution is 2.27. The van der Waals surface area contributed by atoms with E-state index in [1.807, 2.05) is 35.2 Å². The summed E-state index contributed by atoms with van der Waals surface area (Å²) in [6.07, 6.45) is 2.23. The van der Waals surface area contributed by atoms with Crippen LogP contribution < -0.4 is 10.6 Å². The predicted octanol–water partition coefficient (Wildman–Crippen LogP) is 3.53. The fraction of sp³-hybridized carbons (Fsp3) is 0.333. The van der Waals surface area contributed by atoms with Gasteiger partial charge < -0.3 is 15.5 Å². The number of halogens is 1. The molecule has 1 atom stereocenters. The zero-order valence-corrected chi connectivity index (χ0v) is 17.1. The van der Waals surface area contributed by atoms with Crippen molar-refractivity contribution >= 4 is 34.8 Å². The van der Waals surface area contributed by atoms with Crippen molar-refractivity contribution in [1.29, 1.82) is 0 Å². The van der Waals surface area contributed by atoms with Gasteiger partial charge in [-0.15, -0.1) is 0 Å². The lowest BCUT2D eigenvalue weighted by Gasteiger charge is -2.21. The summed E-state index contributed by atoms with van der Waals surface area (Å²) in [6.45, 7) is 1.99. The molecule has 1 aliphatic rings. The molecular weight excluding hydrogens is 408 g/mol. The first kappa shape index (κ1) is 21.7. The summed E-state index contributed by atoms with van der Waals surface area (Å²) < 4.78 is 0. The molecule has 2 aromatic rings. The van der Waals surface area contributed by atoms with Crippen molar-refractivity contribution < 1.29 is 14.5 Å². The molecule has 1 heterocycles. The molecule has 9 heteroatoms. The first-order valence-corrected chi connectivity index (χ1v) is 10.1. The van der Waals surface area contributed by atoms with Crippen molar-refractivity contribution in [3.8, 4) is 0 Å². The average molecular weight is 431 g/mol. The number of amides is 2. The molecule has 8 nitrogen and oxygen atoms in total. The van der Waals surface area contributed by atoms with E-state index in [1.54, 1.807) is 0 Å². The number of rotatable bonds is 9. The van der Waals surface area contributed by atoms with Gasteiger partial charge in [0.15, 0.2) is 0 Å². The van der Waals surface area contributed by atoms with Crippen molar-refractivity contribution in [1.82, 2.24) is 10.2 Å². The Kier molecular flexibility index (Phi) is 7.37. The lowest BCUT2D eigenvalue weighted by molar-refractivity contribution is -0.384. The van der Waals surface area contributed by atoms with Gasteiger partial charge in [0, 0.05) is 31.6 Å². The third-order valence-electron chi connectivity index (χ3n) is 4.94. The number of carbonyl (C=O) groups is 2. The van der Waals surface area contributed by atoms with Crippen LogP contribution in [0.25, 0.3) is 0 Å². The summed E-state index contributed by atoms with van der Waals surface area (Å²) in [5.41, 5.74) is 0.940. The molecule has 0 unspecified atom stereocenters. The highest BCUT2D eigenvalue weighted by atomic mass is 35.5. The van der Waals surface area contributed by atoms with Crippen LogP contribution in [0.5, 0.6) is 0 Å². The van der Waals surface area contributed by atoms with E-state index in [2.05, 4.69) is 10.6 Å². The minimum absolute atomic E-state index is 0.0944. The van der Waals surface area contributed by atoms with Gasteiger partial charge in [0.1, 0.15) is 6.04 Å². The molecule has 2 amide bonds. The van der Waals surface area contributed by atoms with Crippen LogP contribution in [0.1, 0.15) is 30.9 Å². The Morgan fingerprint density at radius 2 is 2.00 bits per heavy atom. The average Bonchev–Trinajstić information content (AvgIpc) is 3.14. The maximum Gasteiger partial charge on any atom is 0.271 e. The second-order valence-electron chi connectivity index (χ2n) is 7.05. The fourth-order valence-electron chi connectivity index (χ4n) is 3.39. The van der Waals surface area contributed by atoms with Crippen molar-refractivity contribution in [3.63, 3.8) is 0 Å². The largest absolute Gasteiger partial charge is 0.343 e. The molecule has 0 spiro atoms. The molecule has 0 bridgehead atoms. The topological polar surface area (TPSA) is 105 Å². The monoisotopic (exact) mass is 430 g/mol. The van der Waals surface area contributed by atoms with Crippen molar-refractivity contribution in [3.05, 3.63) is 69.2 Å². The molecular formula is C21H23ClN4O4. The van der Waals surface area contributed by atoms with Crippen LogP contribution in [0.2, 0.25) is 5.02 Å². The first-order chi connectivity index (χ1) is 14.5. The molecule has 158 valence electrons. The van der Waals surface area contributed by atoms with E-state index in [1.165, 1.54) is 18.2 Å². The summed E-state index contributed by atoms with van der Waals surface area (Å²) in [4.78, 5) is 36.8. The van der Waals surface area contributed by atoms with Crippen molar-refractivity contribution in [2.24, 2.45) is 0 Å². The third kappa shape index (κ3) is 5.55. The van der Waals surface area contributed by atoms with Crippen LogP contribution in [0.3, 0.4) is 0 Å². The number of hydrogen-bond acceptors (Lipinski definition) is 5. The van der Waals surface area contributed by atoms with Crippen LogP contribution in [0.4, 0.5) is 11.4 Å². The van der Waals surface area contributed by atoms with Crippen LogP contribution in [0.15, 0.2) is 48.5 Å². The van der Waals surface area contributed by atoms with Gasteiger partial charge in [-0.1, -0.05) is 41.9 Å². The van der Waals surface area contributed by atoms with E-state index in [0.29, 0.717) is 25.2 Å². The molecule has 3 rings (SSSR count). The van der Waals surface area contributed by atoms with E-state index in [0.717, 1.165) is 24.9 Å². The molecule has 1 fully saturated rings. The minimum atomic E-state index is -0.633. The van der Waals surface area contributed by atoms with Crippen molar-refractivity contribution in [2.45, 2.75) is 25.3 Å². The van der Waals surface area contributed by atoms with E-state index >= 15 is 0 Å². The Morgan fingerprint density at radius 1 is 1.23 bits per heavy atom. The number of nitro benzene ring substituents is 1. The molecule has 0 radical (unpaired) electrons. The van der Waals surface area contributed by atoms with Gasteiger partial charge in [-0.25, -0.2) is 0 Å². The minimum Gasteiger partial charge on any atom is -0.343 e. The van der Waals surface area contributed by atoms with Gasteiger partial charge in [0.05, 0.1) is 15.6 Å². The van der Waals surface area contributed by atoms with Gasteiger partial charge in [-0.3, -0.25) is 19.7 Å². The summed E-state index contributed by atoms with van der Waals surface area (Å²) in [7, 11) is 0. The smallest absolute Gasteiger partial charge is 0.271 e. The SMILES string of the molecule is O=C(Nc1ccc([N+](=O)[O-])cc1Cl)[C@@H](NCCCN1CCCC1=O)c1ccccc1. The summed E-state index contributed by atoms with van der Waals surface area (Å²) >= 11 is 6.10. The van der Waals surface area contributed by atoms with E-state index in [4.69, 9.17) is 11.6 Å². The Hall–Kier alpha value is -2.97. The maximum atomic E-state index is 13.0. The quantitative estimate of drug-likeness (QED) is 0.359. The molecule has 1 saturated heterocycles. The van der Waals surface area contributed by atoms with Crippen LogP contribution >= 0.6 is 11.6 Å². The number of nitrogens with zero attached hydrogens (tertiary/aromatic N) is 2. The maximum absolute atomic E-state index is 13.0. The lowest BCUT2D eigenvalue weighted by Crippen LogP contribution is -2.35. The van der Waals surface area contributed by atoms with Gasteiger partial charge in [0.25, 0.3) is 5.69 Å². The van der Waals surface area contributed by atoms with Gasteiger partial charge in [-0.2, -0.15) is 0 Å². The molecule has 0 aliphatic carbocycles. The molecule has 0 saturated carbocycles. The summed E-state index contributed by atoms with van der Waals surface area (Å²) in [6, 6.07) is 12.5. The normalized spacial score (nSPS) is 14.6. The Balaban J connectivity index is 1.65. The third-order valence-corrected chi connectivity index (χ3v) is 5.25. The number of anilines is 1. The predicted molar refractivity (Wildman–Crippen MR) is 114 cm³/mol. The number of likely N-dealkylation sites (tertiary alicyclic amines) is 1. The molecule has 0 aromatic heterocycles. The number of non-ortho nitro benzene ring substituents is 1. The first-order valence-electron chi connectivity index (χ1n) is 9.76. The molecule has 30 heavy (non-hydrogen) atoms. The zero-order valence-electron chi connectivity index (χ0n) is 16.3. The fourth-order valence-corrected chi connectivity index (χ4v) is 3.61. The van der Waals surface area contributed by atoms with Gasteiger partial charge in [0.2, 0.25) is 11.8 Å². The number of carbonyl (C=O) groups excluding carboxylic acids is 2. The lowest BCUT2D eigenvalue weighted by atomic mass is 10.1. The van der Waals surface area contributed by atoms with E-state index in [9.17, 15) is 19.7 Å². The Labute approximate surface area is 179 Å². The highest BCUT2D eigenvalue weighted by molar-refractivity contribution is 6.34. The zero-order chi connectivity index (χ0) is 21.5. The van der Waals surface area contributed by atoms with Crippen LogP contribution in [-0.4, -0.2) is 41.3 Å². The van der Waals surface area contributed by atoms with Gasteiger partial charge in [-0.05, 0) is 31.0 Å². The second-order valence-corrected chi connectivity index (χ2v) is 7.45. The van der Waals surface area contributed by atoms with Gasteiger partial charge >= 0.3 is 0 Å². The number of nitrogens with one attached hydrogen (secondary N) is 2. The van der Waals surface area contributed by atoms with Crippen LogP contribution in [0, 0.1) is 10.1 Å². The van der Waals surface area contributed by atoms with E-state index < -0.39 is 11.0 Å². The number of nitro groups is 1. The highest BCUT2D eigenvalue weighted by Gasteiger charge is 2.23.